The van der Waals surface area contributed by atoms with Crippen molar-refractivity contribution < 1.29 is 9.59 Å². The molecule has 0 aliphatic carbocycles. The van der Waals surface area contributed by atoms with Gasteiger partial charge in [0.05, 0.1) is 0 Å². The van der Waals surface area contributed by atoms with Crippen LogP contribution in [0.4, 0.5) is 0 Å². The molecule has 0 bridgehead atoms. The molecule has 0 radical (unpaired) electrons. The fourth-order valence-corrected chi connectivity index (χ4v) is 3.13. The topological polar surface area (TPSA) is 120 Å². The number of nitrogens with zero attached hydrogens (tertiary/aromatic N) is 6. The normalized spacial score (nSPS) is 10.7. The maximum Gasteiger partial charge on any atom is 0.241 e. The van der Waals surface area contributed by atoms with Crippen LogP contribution in [0, 0.1) is 0 Å². The second-order valence-corrected chi connectivity index (χ2v) is 7.32. The zero-order valence-electron chi connectivity index (χ0n) is 18.0. The highest BCUT2D eigenvalue weighted by molar-refractivity contribution is 5.76. The van der Waals surface area contributed by atoms with Crippen molar-refractivity contribution in [2.45, 2.75) is 19.5 Å². The Hall–Kier alpha value is -4.34. The number of nitrogens with one attached hydrogen (secondary N) is 2. The van der Waals surface area contributed by atoms with Crippen LogP contribution in [0.1, 0.15) is 6.42 Å². The minimum Gasteiger partial charge on any atom is -0.354 e. The number of aromatic nitrogens is 6. The van der Waals surface area contributed by atoms with Crippen LogP contribution in [-0.4, -0.2) is 54.4 Å². The molecule has 0 saturated carbocycles. The Morgan fingerprint density at radius 2 is 1.09 bits per heavy atom. The van der Waals surface area contributed by atoms with Gasteiger partial charge in [-0.3, -0.25) is 9.59 Å². The number of rotatable bonds is 10. The summed E-state index contributed by atoms with van der Waals surface area (Å²) in [5.74, 6) is 0.826. The molecule has 0 aliphatic heterocycles. The second kappa shape index (κ2) is 10.8. The molecule has 2 amide bonds. The Morgan fingerprint density at radius 3 is 1.52 bits per heavy atom. The number of carbonyl (C=O) groups excluding carboxylic acids is 2. The Labute approximate surface area is 190 Å². The van der Waals surface area contributed by atoms with Crippen LogP contribution in [0.2, 0.25) is 0 Å². The molecule has 4 rings (SSSR count). The fraction of sp³-hybridized carbons (Fsp3) is 0.217. The van der Waals surface area contributed by atoms with E-state index in [9.17, 15) is 9.59 Å². The van der Waals surface area contributed by atoms with Crippen LogP contribution in [0.5, 0.6) is 0 Å². The van der Waals surface area contributed by atoms with Gasteiger partial charge in [0.15, 0.2) is 11.6 Å². The molecule has 0 saturated heterocycles. The van der Waals surface area contributed by atoms with Gasteiger partial charge in [-0.05, 0) is 6.42 Å². The van der Waals surface area contributed by atoms with E-state index in [1.54, 1.807) is 0 Å². The predicted octanol–water partition coefficient (Wildman–Crippen LogP) is 1.53. The van der Waals surface area contributed by atoms with Crippen LogP contribution in [0.15, 0.2) is 73.3 Å². The van der Waals surface area contributed by atoms with E-state index in [1.807, 2.05) is 60.7 Å². The monoisotopic (exact) mass is 444 g/mol. The first kappa shape index (κ1) is 21.9. The number of hydrogen-bond donors (Lipinski definition) is 2. The molecule has 168 valence electrons. The molecule has 10 heteroatoms. The average molecular weight is 444 g/mol. The van der Waals surface area contributed by atoms with Crippen LogP contribution in [-0.2, 0) is 22.7 Å². The van der Waals surface area contributed by atoms with E-state index in [-0.39, 0.29) is 24.9 Å². The number of benzene rings is 2. The molecule has 0 spiro atoms. The summed E-state index contributed by atoms with van der Waals surface area (Å²) in [5, 5.41) is 14.3. The minimum atomic E-state index is -0.165. The van der Waals surface area contributed by atoms with Crippen LogP contribution >= 0.6 is 0 Å². The molecule has 0 atom stereocenters. The standard InChI is InChI=1S/C23H24N8O2/c32-20(14-30-16-26-22(28-30)18-8-3-1-4-9-18)24-12-7-13-25-21(33)15-31-17-27-23(29-31)19-10-5-2-6-11-19/h1-6,8-11,16-17H,7,12-15H2,(H,24,32)(H,25,33). The third-order valence-electron chi connectivity index (χ3n) is 4.75. The van der Waals surface area contributed by atoms with Gasteiger partial charge in [0.25, 0.3) is 0 Å². The summed E-state index contributed by atoms with van der Waals surface area (Å²) in [6.07, 6.45) is 3.68. The summed E-state index contributed by atoms with van der Waals surface area (Å²) in [6, 6.07) is 19.2. The van der Waals surface area contributed by atoms with Crippen molar-refractivity contribution in [2.24, 2.45) is 0 Å². The lowest BCUT2D eigenvalue weighted by Crippen LogP contribution is -2.33. The lowest BCUT2D eigenvalue weighted by atomic mass is 10.2. The summed E-state index contributed by atoms with van der Waals surface area (Å²) in [7, 11) is 0. The largest absolute Gasteiger partial charge is 0.354 e. The first-order chi connectivity index (χ1) is 16.2. The Kier molecular flexibility index (Phi) is 7.16. The molecule has 2 N–H and O–H groups in total. The zero-order chi connectivity index (χ0) is 22.9. The molecule has 0 fully saturated rings. The van der Waals surface area contributed by atoms with Gasteiger partial charge in [0.2, 0.25) is 11.8 Å². The summed E-state index contributed by atoms with van der Waals surface area (Å²) < 4.78 is 3.00. The summed E-state index contributed by atoms with van der Waals surface area (Å²) >= 11 is 0. The lowest BCUT2D eigenvalue weighted by Gasteiger charge is -2.07. The average Bonchev–Trinajstić information content (AvgIpc) is 3.50. The maximum atomic E-state index is 12.1. The van der Waals surface area contributed by atoms with Gasteiger partial charge in [0, 0.05) is 24.2 Å². The Morgan fingerprint density at radius 1 is 0.667 bits per heavy atom. The van der Waals surface area contributed by atoms with E-state index in [2.05, 4.69) is 30.8 Å². The third kappa shape index (κ3) is 6.33. The van der Waals surface area contributed by atoms with Crippen molar-refractivity contribution in [3.05, 3.63) is 73.3 Å². The van der Waals surface area contributed by atoms with Crippen molar-refractivity contribution in [1.82, 2.24) is 40.2 Å². The van der Waals surface area contributed by atoms with Gasteiger partial charge in [-0.25, -0.2) is 19.3 Å². The van der Waals surface area contributed by atoms with E-state index >= 15 is 0 Å². The highest BCUT2D eigenvalue weighted by Gasteiger charge is 2.09. The summed E-state index contributed by atoms with van der Waals surface area (Å²) in [6.45, 7) is 1.06. The van der Waals surface area contributed by atoms with E-state index in [1.165, 1.54) is 22.0 Å². The van der Waals surface area contributed by atoms with Gasteiger partial charge < -0.3 is 10.6 Å². The fourth-order valence-electron chi connectivity index (χ4n) is 3.13. The van der Waals surface area contributed by atoms with Crippen molar-refractivity contribution in [3.63, 3.8) is 0 Å². The molecule has 10 nitrogen and oxygen atoms in total. The zero-order valence-corrected chi connectivity index (χ0v) is 18.0. The molecule has 0 unspecified atom stereocenters. The first-order valence-corrected chi connectivity index (χ1v) is 10.6. The van der Waals surface area contributed by atoms with Crippen molar-refractivity contribution >= 4 is 11.8 Å². The molecule has 2 heterocycles. The Balaban J connectivity index is 1.12. The van der Waals surface area contributed by atoms with Crippen LogP contribution < -0.4 is 10.6 Å². The van der Waals surface area contributed by atoms with Crippen molar-refractivity contribution in [2.75, 3.05) is 13.1 Å². The number of carbonyl (C=O) groups is 2. The molecule has 2 aromatic carbocycles. The highest BCUT2D eigenvalue weighted by Crippen LogP contribution is 2.13. The Bertz CT molecular complexity index is 1090. The van der Waals surface area contributed by atoms with Crippen molar-refractivity contribution in [3.8, 4) is 22.8 Å². The van der Waals surface area contributed by atoms with E-state index < -0.39 is 0 Å². The van der Waals surface area contributed by atoms with Crippen molar-refractivity contribution in [1.29, 1.82) is 0 Å². The van der Waals surface area contributed by atoms with Crippen LogP contribution in [0.25, 0.3) is 22.8 Å². The van der Waals surface area contributed by atoms with Gasteiger partial charge in [0.1, 0.15) is 25.7 Å². The minimum absolute atomic E-state index is 0.0856. The van der Waals surface area contributed by atoms with Gasteiger partial charge >= 0.3 is 0 Å². The van der Waals surface area contributed by atoms with Gasteiger partial charge in [-0.15, -0.1) is 0 Å². The van der Waals surface area contributed by atoms with E-state index in [0.29, 0.717) is 31.2 Å². The predicted molar refractivity (Wildman–Crippen MR) is 122 cm³/mol. The summed E-state index contributed by atoms with van der Waals surface area (Å²) in [4.78, 5) is 32.7. The molecule has 4 aromatic rings. The molecule has 2 aromatic heterocycles. The summed E-state index contributed by atoms with van der Waals surface area (Å²) in [5.41, 5.74) is 1.80. The van der Waals surface area contributed by atoms with E-state index in [4.69, 9.17) is 0 Å². The van der Waals surface area contributed by atoms with Gasteiger partial charge in [-0.2, -0.15) is 10.2 Å². The third-order valence-corrected chi connectivity index (χ3v) is 4.75. The number of amides is 2. The molecule has 0 aliphatic rings. The quantitative estimate of drug-likeness (QED) is 0.358. The highest BCUT2D eigenvalue weighted by atomic mass is 16.2. The van der Waals surface area contributed by atoms with Gasteiger partial charge in [-0.1, -0.05) is 60.7 Å². The first-order valence-electron chi connectivity index (χ1n) is 10.6. The number of hydrogen-bond acceptors (Lipinski definition) is 6. The SMILES string of the molecule is O=C(Cn1cnc(-c2ccccc2)n1)NCCCNC(=O)Cn1cnc(-c2ccccc2)n1. The van der Waals surface area contributed by atoms with Crippen LogP contribution in [0.3, 0.4) is 0 Å². The molecular weight excluding hydrogens is 420 g/mol. The molecular formula is C23H24N8O2. The lowest BCUT2D eigenvalue weighted by molar-refractivity contribution is -0.122. The van der Waals surface area contributed by atoms with E-state index in [0.717, 1.165) is 11.1 Å². The smallest absolute Gasteiger partial charge is 0.241 e. The second-order valence-electron chi connectivity index (χ2n) is 7.32. The maximum absolute atomic E-state index is 12.1. The molecule has 33 heavy (non-hydrogen) atoms.